The molecule has 2 N–H and O–H groups in total. The van der Waals surface area contributed by atoms with E-state index in [9.17, 15) is 13.2 Å². The van der Waals surface area contributed by atoms with Crippen molar-refractivity contribution in [2.45, 2.75) is 37.6 Å². The minimum atomic E-state index is -3.71. The molecule has 0 amide bonds. The lowest BCUT2D eigenvalue weighted by Crippen LogP contribution is -2.36. The fraction of sp³-hybridized carbons (Fsp3) is 0.462. The van der Waals surface area contributed by atoms with Gasteiger partial charge in [-0.2, -0.15) is 0 Å². The molecule has 5 nitrogen and oxygen atoms in total. The summed E-state index contributed by atoms with van der Waals surface area (Å²) < 4.78 is 26.6. The van der Waals surface area contributed by atoms with Gasteiger partial charge in [0.1, 0.15) is 0 Å². The molecule has 0 aliphatic carbocycles. The lowest BCUT2D eigenvalue weighted by atomic mass is 10.1. The van der Waals surface area contributed by atoms with E-state index in [4.69, 9.17) is 5.11 Å². The maximum atomic E-state index is 12.1. The zero-order valence-electron chi connectivity index (χ0n) is 11.1. The van der Waals surface area contributed by atoms with Gasteiger partial charge in [0.05, 0.1) is 11.5 Å². The van der Waals surface area contributed by atoms with Gasteiger partial charge in [-0.3, -0.25) is 4.79 Å². The highest BCUT2D eigenvalue weighted by molar-refractivity contribution is 7.89. The number of Topliss-reactive ketones (excluding diaryl/α,β-unsaturated/α-hetero) is 1. The molecular weight excluding hydrogens is 266 g/mol. The summed E-state index contributed by atoms with van der Waals surface area (Å²) in [6, 6.07) is 5.40. The molecule has 0 aliphatic rings. The van der Waals surface area contributed by atoms with Crippen molar-refractivity contribution >= 4 is 15.8 Å². The minimum Gasteiger partial charge on any atom is -0.395 e. The van der Waals surface area contributed by atoms with Gasteiger partial charge in [-0.25, -0.2) is 13.1 Å². The summed E-state index contributed by atoms with van der Waals surface area (Å²) in [6.07, 6.45) is 0.814. The number of hydrogen-bond donors (Lipinski definition) is 2. The number of benzene rings is 1. The lowest BCUT2D eigenvalue weighted by molar-refractivity contribution is 0.0988. The maximum absolute atomic E-state index is 12.1. The van der Waals surface area contributed by atoms with Crippen LogP contribution in [-0.2, 0) is 10.0 Å². The number of carbonyl (C=O) groups excluding carboxylic acids is 1. The lowest BCUT2D eigenvalue weighted by Gasteiger charge is -2.14. The molecule has 0 saturated carbocycles. The number of aliphatic hydroxyl groups excluding tert-OH is 1. The average molecular weight is 285 g/mol. The minimum absolute atomic E-state index is 0.0405. The molecule has 0 aliphatic heterocycles. The normalized spacial score (nSPS) is 13.2. The number of sulfonamides is 1. The molecule has 0 saturated heterocycles. The van der Waals surface area contributed by atoms with E-state index in [0.717, 1.165) is 0 Å². The molecule has 1 aromatic rings. The van der Waals surface area contributed by atoms with Crippen LogP contribution >= 0.6 is 0 Å². The van der Waals surface area contributed by atoms with Gasteiger partial charge in [-0.1, -0.05) is 26.0 Å². The Morgan fingerprint density at radius 1 is 1.37 bits per heavy atom. The molecular formula is C13H19NO4S. The molecule has 0 unspecified atom stereocenters. The van der Waals surface area contributed by atoms with E-state index < -0.39 is 16.1 Å². The van der Waals surface area contributed by atoms with E-state index in [0.29, 0.717) is 18.4 Å². The molecule has 1 aromatic carbocycles. The predicted molar refractivity (Wildman–Crippen MR) is 72.5 cm³/mol. The first-order valence-corrected chi connectivity index (χ1v) is 7.69. The van der Waals surface area contributed by atoms with Crippen LogP contribution in [-0.4, -0.2) is 32.0 Å². The fourth-order valence-electron chi connectivity index (χ4n) is 1.58. The number of aliphatic hydroxyl groups is 1. The average Bonchev–Trinajstić information content (AvgIpc) is 2.44. The van der Waals surface area contributed by atoms with E-state index in [2.05, 4.69) is 4.72 Å². The SMILES string of the molecule is CCC(=O)c1cccc(S(=O)(=O)N[C@H](CC)CO)c1. The highest BCUT2D eigenvalue weighted by Crippen LogP contribution is 2.13. The summed E-state index contributed by atoms with van der Waals surface area (Å²) in [6.45, 7) is 3.24. The van der Waals surface area contributed by atoms with Gasteiger partial charge >= 0.3 is 0 Å². The van der Waals surface area contributed by atoms with Gasteiger partial charge in [-0.15, -0.1) is 0 Å². The summed E-state index contributed by atoms with van der Waals surface area (Å²) in [4.78, 5) is 11.6. The Balaban J connectivity index is 3.05. The topological polar surface area (TPSA) is 83.5 Å². The van der Waals surface area contributed by atoms with Crippen LogP contribution in [0.4, 0.5) is 0 Å². The molecule has 0 fully saturated rings. The summed E-state index contributed by atoms with van der Waals surface area (Å²) in [5.74, 6) is -0.105. The molecule has 106 valence electrons. The van der Waals surface area contributed by atoms with Crippen molar-refractivity contribution in [3.8, 4) is 0 Å². The second kappa shape index (κ2) is 6.79. The number of carbonyl (C=O) groups is 1. The first kappa shape index (κ1) is 15.8. The first-order chi connectivity index (χ1) is 8.94. The number of ketones is 1. The van der Waals surface area contributed by atoms with Crippen LogP contribution in [0.2, 0.25) is 0 Å². The van der Waals surface area contributed by atoms with Gasteiger partial charge in [0, 0.05) is 18.0 Å². The maximum Gasteiger partial charge on any atom is 0.240 e. The molecule has 0 bridgehead atoms. The van der Waals surface area contributed by atoms with Gasteiger partial charge in [0.2, 0.25) is 10.0 Å². The first-order valence-electron chi connectivity index (χ1n) is 6.21. The van der Waals surface area contributed by atoms with E-state index in [1.165, 1.54) is 18.2 Å². The molecule has 0 radical (unpaired) electrons. The van der Waals surface area contributed by atoms with Crippen molar-refractivity contribution in [1.82, 2.24) is 4.72 Å². The summed E-state index contributed by atoms with van der Waals surface area (Å²) in [7, 11) is -3.71. The Hall–Kier alpha value is -1.24. The van der Waals surface area contributed by atoms with Crippen LogP contribution < -0.4 is 4.72 Å². The summed E-state index contributed by atoms with van der Waals surface area (Å²) >= 11 is 0. The molecule has 1 rings (SSSR count). The molecule has 6 heteroatoms. The third kappa shape index (κ3) is 4.12. The van der Waals surface area contributed by atoms with E-state index in [-0.39, 0.29) is 17.3 Å². The standard InChI is InChI=1S/C13H19NO4S/c1-3-11(9-15)14-19(17,18)12-7-5-6-10(8-12)13(16)4-2/h5-8,11,14-15H,3-4,9H2,1-2H3/t11-/m1/s1. The molecule has 0 spiro atoms. The Labute approximate surface area is 113 Å². The van der Waals surface area contributed by atoms with E-state index in [1.807, 2.05) is 0 Å². The monoisotopic (exact) mass is 285 g/mol. The fourth-order valence-corrected chi connectivity index (χ4v) is 2.93. The zero-order valence-corrected chi connectivity index (χ0v) is 11.9. The van der Waals surface area contributed by atoms with Crippen molar-refractivity contribution in [1.29, 1.82) is 0 Å². The Kier molecular flexibility index (Phi) is 5.65. The second-order valence-electron chi connectivity index (χ2n) is 4.21. The van der Waals surface area contributed by atoms with Gasteiger partial charge in [-0.05, 0) is 18.6 Å². The Morgan fingerprint density at radius 2 is 2.05 bits per heavy atom. The number of rotatable bonds is 7. The third-order valence-corrected chi connectivity index (χ3v) is 4.34. The smallest absolute Gasteiger partial charge is 0.240 e. The van der Waals surface area contributed by atoms with Crippen molar-refractivity contribution in [2.75, 3.05) is 6.61 Å². The van der Waals surface area contributed by atoms with Crippen LogP contribution in [0.15, 0.2) is 29.2 Å². The van der Waals surface area contributed by atoms with Crippen molar-refractivity contribution in [3.05, 3.63) is 29.8 Å². The Bertz CT molecular complexity index is 535. The highest BCUT2D eigenvalue weighted by Gasteiger charge is 2.19. The zero-order chi connectivity index (χ0) is 14.5. The van der Waals surface area contributed by atoms with Gasteiger partial charge < -0.3 is 5.11 Å². The predicted octanol–water partition coefficient (Wildman–Crippen LogP) is 1.33. The van der Waals surface area contributed by atoms with E-state index in [1.54, 1.807) is 19.9 Å². The second-order valence-corrected chi connectivity index (χ2v) is 5.93. The van der Waals surface area contributed by atoms with Gasteiger partial charge in [0.15, 0.2) is 5.78 Å². The summed E-state index contributed by atoms with van der Waals surface area (Å²) in [5.41, 5.74) is 0.377. The quantitative estimate of drug-likeness (QED) is 0.740. The van der Waals surface area contributed by atoms with Crippen molar-refractivity contribution < 1.29 is 18.3 Å². The molecule has 19 heavy (non-hydrogen) atoms. The third-order valence-electron chi connectivity index (χ3n) is 2.82. The van der Waals surface area contributed by atoms with Crippen LogP contribution in [0, 0.1) is 0 Å². The largest absolute Gasteiger partial charge is 0.395 e. The van der Waals surface area contributed by atoms with Crippen LogP contribution in [0.5, 0.6) is 0 Å². The van der Waals surface area contributed by atoms with Crippen LogP contribution in [0.25, 0.3) is 0 Å². The van der Waals surface area contributed by atoms with Crippen LogP contribution in [0.1, 0.15) is 37.0 Å². The Morgan fingerprint density at radius 3 is 2.58 bits per heavy atom. The van der Waals surface area contributed by atoms with Gasteiger partial charge in [0.25, 0.3) is 0 Å². The van der Waals surface area contributed by atoms with E-state index >= 15 is 0 Å². The molecule has 0 aromatic heterocycles. The highest BCUT2D eigenvalue weighted by atomic mass is 32.2. The van der Waals surface area contributed by atoms with Crippen molar-refractivity contribution in [3.63, 3.8) is 0 Å². The number of nitrogens with one attached hydrogen (secondary N) is 1. The van der Waals surface area contributed by atoms with Crippen LogP contribution in [0.3, 0.4) is 0 Å². The molecule has 0 heterocycles. The molecule has 1 atom stereocenters. The summed E-state index contributed by atoms with van der Waals surface area (Å²) in [5, 5.41) is 9.04. The number of hydrogen-bond acceptors (Lipinski definition) is 4. The van der Waals surface area contributed by atoms with Crippen molar-refractivity contribution in [2.24, 2.45) is 0 Å².